The first-order valence-corrected chi connectivity index (χ1v) is 6.47. The minimum atomic E-state index is -4.62. The monoisotopic (exact) mass is 296 g/mol. The third-order valence-electron chi connectivity index (χ3n) is 3.35. The summed E-state index contributed by atoms with van der Waals surface area (Å²) in [5.41, 5.74) is -0.558. The Hall–Kier alpha value is -1.47. The molecule has 20 heavy (non-hydrogen) atoms. The second-order valence-corrected chi connectivity index (χ2v) is 5.42. The van der Waals surface area contributed by atoms with Gasteiger partial charge in [-0.2, -0.15) is 13.2 Å². The number of hydrogen-bond donors (Lipinski definition) is 2. The molecule has 0 aromatic carbocycles. The van der Waals surface area contributed by atoms with E-state index in [1.165, 1.54) is 0 Å². The molecule has 0 unspecified atom stereocenters. The quantitative estimate of drug-likeness (QED) is 0.836. The molecule has 0 atom stereocenters. The summed E-state index contributed by atoms with van der Waals surface area (Å²) < 4.78 is 37.1. The molecule has 0 saturated heterocycles. The molecule has 0 aromatic heterocycles. The fourth-order valence-corrected chi connectivity index (χ4v) is 2.37. The lowest BCUT2D eigenvalue weighted by Gasteiger charge is -2.36. The Morgan fingerprint density at radius 2 is 1.80 bits per heavy atom. The van der Waals surface area contributed by atoms with Crippen LogP contribution in [0.3, 0.4) is 0 Å². The summed E-state index contributed by atoms with van der Waals surface area (Å²) in [6.45, 7) is -0.765. The molecular formula is C12H19F3N2O3. The average molecular weight is 296 g/mol. The number of rotatable bonds is 4. The number of carboxylic acid groups (broad SMARTS) is 1. The SMILES string of the molecule is CC1(NC(=O)N(CC(=O)O)CC(F)(F)F)CCCCC1. The van der Waals surface area contributed by atoms with E-state index in [-0.39, 0.29) is 4.90 Å². The molecule has 116 valence electrons. The summed E-state index contributed by atoms with van der Waals surface area (Å²) in [6, 6.07) is -0.978. The van der Waals surface area contributed by atoms with Crippen molar-refractivity contribution < 1.29 is 27.9 Å². The Kier molecular flexibility index (Phi) is 5.24. The summed E-state index contributed by atoms with van der Waals surface area (Å²) >= 11 is 0. The molecule has 5 nitrogen and oxygen atoms in total. The van der Waals surface area contributed by atoms with Gasteiger partial charge in [0.15, 0.2) is 0 Å². The number of hydrogen-bond acceptors (Lipinski definition) is 2. The van der Waals surface area contributed by atoms with E-state index in [0.717, 1.165) is 19.3 Å². The standard InChI is InChI=1S/C12H19F3N2O3/c1-11(5-3-2-4-6-11)16-10(20)17(7-9(18)19)8-12(13,14)15/h2-8H2,1H3,(H,16,20)(H,18,19). The van der Waals surface area contributed by atoms with Gasteiger partial charge in [0.25, 0.3) is 0 Å². The molecule has 1 saturated carbocycles. The Balaban J connectivity index is 2.69. The lowest BCUT2D eigenvalue weighted by molar-refractivity contribution is -0.149. The fraction of sp³-hybridized carbons (Fsp3) is 0.833. The van der Waals surface area contributed by atoms with E-state index in [1.54, 1.807) is 6.92 Å². The van der Waals surface area contributed by atoms with Crippen LogP contribution in [0.5, 0.6) is 0 Å². The van der Waals surface area contributed by atoms with Gasteiger partial charge in [-0.05, 0) is 19.8 Å². The molecule has 0 bridgehead atoms. The van der Waals surface area contributed by atoms with E-state index in [2.05, 4.69) is 5.32 Å². The zero-order valence-corrected chi connectivity index (χ0v) is 11.3. The van der Waals surface area contributed by atoms with Gasteiger partial charge in [-0.25, -0.2) is 4.79 Å². The largest absolute Gasteiger partial charge is 0.480 e. The summed E-state index contributed by atoms with van der Waals surface area (Å²) in [7, 11) is 0. The van der Waals surface area contributed by atoms with Crippen molar-refractivity contribution in [2.75, 3.05) is 13.1 Å². The van der Waals surface area contributed by atoms with Crippen molar-refractivity contribution in [2.24, 2.45) is 0 Å². The third kappa shape index (κ3) is 5.66. The van der Waals surface area contributed by atoms with E-state index in [4.69, 9.17) is 5.11 Å². The normalized spacial score (nSPS) is 18.4. The number of carbonyl (C=O) groups excluding carboxylic acids is 1. The topological polar surface area (TPSA) is 69.6 Å². The van der Waals surface area contributed by atoms with Crippen LogP contribution in [-0.2, 0) is 4.79 Å². The molecule has 8 heteroatoms. The van der Waals surface area contributed by atoms with Crippen LogP contribution < -0.4 is 5.32 Å². The first-order valence-electron chi connectivity index (χ1n) is 6.47. The second kappa shape index (κ2) is 6.32. The minimum Gasteiger partial charge on any atom is -0.480 e. The van der Waals surface area contributed by atoms with Crippen molar-refractivity contribution in [2.45, 2.75) is 50.7 Å². The van der Waals surface area contributed by atoms with Gasteiger partial charge in [-0.15, -0.1) is 0 Å². The van der Waals surface area contributed by atoms with Crippen molar-refractivity contribution in [1.82, 2.24) is 10.2 Å². The number of amides is 2. The Bertz CT molecular complexity index is 365. The number of nitrogens with zero attached hydrogens (tertiary/aromatic N) is 1. The molecule has 0 spiro atoms. The lowest BCUT2D eigenvalue weighted by Crippen LogP contribution is -2.55. The molecule has 0 aromatic rings. The molecule has 1 fully saturated rings. The molecule has 2 N–H and O–H groups in total. The van der Waals surface area contributed by atoms with Crippen LogP contribution in [0.2, 0.25) is 0 Å². The zero-order valence-electron chi connectivity index (χ0n) is 11.3. The molecule has 0 aliphatic heterocycles. The van der Waals surface area contributed by atoms with E-state index in [9.17, 15) is 22.8 Å². The van der Waals surface area contributed by atoms with Gasteiger partial charge < -0.3 is 15.3 Å². The highest BCUT2D eigenvalue weighted by atomic mass is 19.4. The van der Waals surface area contributed by atoms with Gasteiger partial charge in [0, 0.05) is 5.54 Å². The van der Waals surface area contributed by atoms with E-state index >= 15 is 0 Å². The van der Waals surface area contributed by atoms with Gasteiger partial charge in [-0.1, -0.05) is 19.3 Å². The van der Waals surface area contributed by atoms with Gasteiger partial charge in [0.1, 0.15) is 13.1 Å². The predicted molar refractivity (Wildman–Crippen MR) is 65.3 cm³/mol. The van der Waals surface area contributed by atoms with Crippen molar-refractivity contribution in [3.63, 3.8) is 0 Å². The van der Waals surface area contributed by atoms with Crippen LogP contribution in [0.25, 0.3) is 0 Å². The predicted octanol–water partition coefficient (Wildman–Crippen LogP) is 2.37. The lowest BCUT2D eigenvalue weighted by atomic mass is 9.83. The Morgan fingerprint density at radius 1 is 1.25 bits per heavy atom. The number of carbonyl (C=O) groups is 2. The van der Waals surface area contributed by atoms with Crippen LogP contribution >= 0.6 is 0 Å². The fourth-order valence-electron chi connectivity index (χ4n) is 2.37. The maximum absolute atomic E-state index is 12.4. The number of carboxylic acids is 1. The highest BCUT2D eigenvalue weighted by Crippen LogP contribution is 2.28. The number of alkyl halides is 3. The van der Waals surface area contributed by atoms with Crippen molar-refractivity contribution in [3.8, 4) is 0 Å². The van der Waals surface area contributed by atoms with Crippen LogP contribution in [-0.4, -0.2) is 46.8 Å². The molecule has 2 amide bonds. The second-order valence-electron chi connectivity index (χ2n) is 5.42. The number of aliphatic carboxylic acids is 1. The minimum absolute atomic E-state index is 0.280. The molecule has 0 radical (unpaired) electrons. The van der Waals surface area contributed by atoms with Crippen molar-refractivity contribution in [1.29, 1.82) is 0 Å². The van der Waals surface area contributed by atoms with Crippen LogP contribution in [0, 0.1) is 0 Å². The Labute approximate surface area is 115 Å². The van der Waals surface area contributed by atoms with Gasteiger partial charge in [0.05, 0.1) is 0 Å². The summed E-state index contributed by atoms with van der Waals surface area (Å²) in [5.74, 6) is -1.47. The summed E-state index contributed by atoms with van der Waals surface area (Å²) in [5, 5.41) is 11.2. The molecule has 1 aliphatic carbocycles. The maximum Gasteiger partial charge on any atom is 0.406 e. The first kappa shape index (κ1) is 16.6. The first-order chi connectivity index (χ1) is 9.11. The van der Waals surface area contributed by atoms with E-state index < -0.39 is 36.8 Å². The average Bonchev–Trinajstić information content (AvgIpc) is 2.25. The van der Waals surface area contributed by atoms with E-state index in [1.807, 2.05) is 0 Å². The van der Waals surface area contributed by atoms with Crippen molar-refractivity contribution >= 4 is 12.0 Å². The van der Waals surface area contributed by atoms with Crippen LogP contribution in [0.4, 0.5) is 18.0 Å². The zero-order chi connectivity index (χ0) is 15.4. The van der Waals surface area contributed by atoms with Crippen LogP contribution in [0.1, 0.15) is 39.0 Å². The molecule has 0 heterocycles. The third-order valence-corrected chi connectivity index (χ3v) is 3.35. The summed E-state index contributed by atoms with van der Waals surface area (Å²) in [6.07, 6.45) is -0.422. The van der Waals surface area contributed by atoms with Crippen molar-refractivity contribution in [3.05, 3.63) is 0 Å². The smallest absolute Gasteiger partial charge is 0.406 e. The highest BCUT2D eigenvalue weighted by molar-refractivity contribution is 5.80. The number of nitrogens with one attached hydrogen (secondary N) is 1. The van der Waals surface area contributed by atoms with Crippen LogP contribution in [0.15, 0.2) is 0 Å². The Morgan fingerprint density at radius 3 is 2.25 bits per heavy atom. The molecular weight excluding hydrogens is 277 g/mol. The van der Waals surface area contributed by atoms with Gasteiger partial charge >= 0.3 is 18.2 Å². The molecule has 1 rings (SSSR count). The maximum atomic E-state index is 12.4. The summed E-state index contributed by atoms with van der Waals surface area (Å²) in [4.78, 5) is 22.7. The molecule has 1 aliphatic rings. The van der Waals surface area contributed by atoms with E-state index in [0.29, 0.717) is 12.8 Å². The number of halogens is 3. The van der Waals surface area contributed by atoms with Gasteiger partial charge in [0.2, 0.25) is 0 Å². The number of urea groups is 1. The van der Waals surface area contributed by atoms with Gasteiger partial charge in [-0.3, -0.25) is 4.79 Å². The highest BCUT2D eigenvalue weighted by Gasteiger charge is 2.36.